The van der Waals surface area contributed by atoms with Crippen molar-refractivity contribution in [3.05, 3.63) is 51.9 Å². The van der Waals surface area contributed by atoms with E-state index >= 15 is 0 Å². The molecule has 0 saturated heterocycles. The number of carboxylic acid groups (broad SMARTS) is 1. The minimum absolute atomic E-state index is 0.0721. The Hall–Kier alpha value is -2.96. The minimum atomic E-state index is -0.967. The molecule has 0 aliphatic carbocycles. The van der Waals surface area contributed by atoms with Crippen molar-refractivity contribution in [2.24, 2.45) is 0 Å². The third kappa shape index (κ3) is 4.02. The molecule has 2 aromatic rings. The van der Waals surface area contributed by atoms with E-state index in [0.717, 1.165) is 0 Å². The molecule has 0 aliphatic rings. The van der Waals surface area contributed by atoms with E-state index in [0.29, 0.717) is 22.6 Å². The van der Waals surface area contributed by atoms with Crippen molar-refractivity contribution in [1.29, 1.82) is 0 Å². The van der Waals surface area contributed by atoms with Crippen LogP contribution in [0.15, 0.2) is 35.1 Å². The number of rotatable bonds is 5. The Labute approximate surface area is 126 Å². The van der Waals surface area contributed by atoms with Crippen LogP contribution in [0.2, 0.25) is 0 Å². The summed E-state index contributed by atoms with van der Waals surface area (Å²) in [5, 5.41) is 11.0. The van der Waals surface area contributed by atoms with Gasteiger partial charge in [-0.2, -0.15) is 0 Å². The first-order valence-corrected chi connectivity index (χ1v) is 6.64. The Morgan fingerprint density at radius 3 is 2.55 bits per heavy atom. The van der Waals surface area contributed by atoms with Crippen molar-refractivity contribution in [2.45, 2.75) is 13.3 Å². The maximum atomic E-state index is 11.8. The Bertz CT molecular complexity index is 750. The number of nitrogens with zero attached hydrogens (tertiary/aromatic N) is 1. The van der Waals surface area contributed by atoms with Crippen molar-refractivity contribution in [1.82, 2.24) is 15.3 Å². The number of nitrogens with one attached hydrogen (secondary N) is 2. The SMILES string of the molecule is Cc1cc(=O)[nH]c(-c2ccc(C(=O)NCCC(=O)O)cc2)n1. The van der Waals surface area contributed by atoms with Crippen LogP contribution in [0.25, 0.3) is 11.4 Å². The average molecular weight is 301 g/mol. The first-order valence-electron chi connectivity index (χ1n) is 6.64. The Balaban J connectivity index is 2.11. The molecule has 1 amide bonds. The first-order chi connectivity index (χ1) is 10.5. The van der Waals surface area contributed by atoms with Crippen LogP contribution in [0.5, 0.6) is 0 Å². The number of carboxylic acids is 1. The van der Waals surface area contributed by atoms with Crippen molar-refractivity contribution >= 4 is 11.9 Å². The number of carbonyl (C=O) groups is 2. The number of H-pyrrole nitrogens is 1. The standard InChI is InChI=1S/C15H15N3O4/c1-9-8-12(19)18-14(17-9)10-2-4-11(5-3-10)15(22)16-7-6-13(20)21/h2-5,8H,6-7H2,1H3,(H,16,22)(H,20,21)(H,17,18,19). The predicted octanol–water partition coefficient (Wildman–Crippen LogP) is 0.950. The molecular formula is C15H15N3O4. The van der Waals surface area contributed by atoms with Gasteiger partial charge in [0, 0.05) is 29.4 Å². The number of aliphatic carboxylic acids is 1. The van der Waals surface area contributed by atoms with E-state index in [1.54, 1.807) is 31.2 Å². The van der Waals surface area contributed by atoms with Gasteiger partial charge in [-0.15, -0.1) is 0 Å². The summed E-state index contributed by atoms with van der Waals surface area (Å²) in [7, 11) is 0. The summed E-state index contributed by atoms with van der Waals surface area (Å²) in [6, 6.07) is 7.92. The highest BCUT2D eigenvalue weighted by atomic mass is 16.4. The highest BCUT2D eigenvalue weighted by molar-refractivity contribution is 5.94. The zero-order valence-electron chi connectivity index (χ0n) is 11.9. The van der Waals surface area contributed by atoms with E-state index in [1.165, 1.54) is 6.07 Å². The molecule has 0 bridgehead atoms. The molecule has 0 aliphatic heterocycles. The van der Waals surface area contributed by atoms with Gasteiger partial charge in [-0.1, -0.05) is 12.1 Å². The van der Waals surface area contributed by atoms with Crippen LogP contribution < -0.4 is 10.9 Å². The molecule has 3 N–H and O–H groups in total. The van der Waals surface area contributed by atoms with Crippen LogP contribution in [-0.4, -0.2) is 33.5 Å². The lowest BCUT2D eigenvalue weighted by atomic mass is 10.1. The molecule has 0 saturated carbocycles. The van der Waals surface area contributed by atoms with Crippen LogP contribution in [0, 0.1) is 6.92 Å². The quantitative estimate of drug-likeness (QED) is 0.761. The topological polar surface area (TPSA) is 112 Å². The summed E-state index contributed by atoms with van der Waals surface area (Å²) < 4.78 is 0. The fourth-order valence-corrected chi connectivity index (χ4v) is 1.88. The molecule has 7 nitrogen and oxygen atoms in total. The van der Waals surface area contributed by atoms with E-state index in [9.17, 15) is 14.4 Å². The van der Waals surface area contributed by atoms with Crippen molar-refractivity contribution in [3.8, 4) is 11.4 Å². The predicted molar refractivity (Wildman–Crippen MR) is 79.6 cm³/mol. The van der Waals surface area contributed by atoms with Gasteiger partial charge in [0.15, 0.2) is 0 Å². The Kier molecular flexibility index (Phi) is 4.67. The molecule has 0 unspecified atom stereocenters. The van der Waals surface area contributed by atoms with E-state index < -0.39 is 5.97 Å². The number of aryl methyl sites for hydroxylation is 1. The lowest BCUT2D eigenvalue weighted by Crippen LogP contribution is -2.25. The second-order valence-corrected chi connectivity index (χ2v) is 4.71. The third-order valence-electron chi connectivity index (χ3n) is 2.91. The number of amides is 1. The normalized spacial score (nSPS) is 10.2. The lowest BCUT2D eigenvalue weighted by Gasteiger charge is -2.05. The van der Waals surface area contributed by atoms with Crippen LogP contribution >= 0.6 is 0 Å². The summed E-state index contributed by atoms with van der Waals surface area (Å²) in [6.07, 6.45) is -0.127. The summed E-state index contributed by atoms with van der Waals surface area (Å²) >= 11 is 0. The first kappa shape index (κ1) is 15.4. The smallest absolute Gasteiger partial charge is 0.305 e. The maximum absolute atomic E-state index is 11.8. The van der Waals surface area contributed by atoms with Crippen molar-refractivity contribution in [2.75, 3.05) is 6.54 Å². The molecule has 1 aromatic heterocycles. The van der Waals surface area contributed by atoms with Gasteiger partial charge in [-0.05, 0) is 19.1 Å². The fraction of sp³-hybridized carbons (Fsp3) is 0.200. The van der Waals surface area contributed by atoms with Crippen LogP contribution in [0.1, 0.15) is 22.5 Å². The van der Waals surface area contributed by atoms with Gasteiger partial charge in [0.2, 0.25) is 0 Å². The third-order valence-corrected chi connectivity index (χ3v) is 2.91. The van der Waals surface area contributed by atoms with Crippen LogP contribution in [-0.2, 0) is 4.79 Å². The van der Waals surface area contributed by atoms with E-state index in [1.807, 2.05) is 0 Å². The molecule has 0 fully saturated rings. The van der Waals surface area contributed by atoms with Gasteiger partial charge in [0.1, 0.15) is 5.82 Å². The highest BCUT2D eigenvalue weighted by Crippen LogP contribution is 2.14. The summed E-state index contributed by atoms with van der Waals surface area (Å²) in [6.45, 7) is 1.80. The van der Waals surface area contributed by atoms with Gasteiger partial charge in [0.05, 0.1) is 6.42 Å². The molecular weight excluding hydrogens is 286 g/mol. The number of hydrogen-bond acceptors (Lipinski definition) is 4. The van der Waals surface area contributed by atoms with Gasteiger partial charge >= 0.3 is 5.97 Å². The molecule has 0 atom stereocenters. The second kappa shape index (κ2) is 6.66. The molecule has 114 valence electrons. The Morgan fingerprint density at radius 2 is 1.95 bits per heavy atom. The van der Waals surface area contributed by atoms with E-state index in [2.05, 4.69) is 15.3 Å². The molecule has 1 heterocycles. The minimum Gasteiger partial charge on any atom is -0.481 e. The number of hydrogen-bond donors (Lipinski definition) is 3. The van der Waals surface area contributed by atoms with Crippen molar-refractivity contribution in [3.63, 3.8) is 0 Å². The highest BCUT2D eigenvalue weighted by Gasteiger charge is 2.07. The largest absolute Gasteiger partial charge is 0.481 e. The molecule has 1 aromatic carbocycles. The van der Waals surface area contributed by atoms with Gasteiger partial charge < -0.3 is 15.4 Å². The lowest BCUT2D eigenvalue weighted by molar-refractivity contribution is -0.136. The summed E-state index contributed by atoms with van der Waals surface area (Å²) in [4.78, 5) is 40.5. The molecule has 7 heteroatoms. The zero-order valence-corrected chi connectivity index (χ0v) is 11.9. The van der Waals surface area contributed by atoms with Gasteiger partial charge in [-0.25, -0.2) is 4.98 Å². The van der Waals surface area contributed by atoms with Crippen LogP contribution in [0.3, 0.4) is 0 Å². The van der Waals surface area contributed by atoms with Gasteiger partial charge in [0.25, 0.3) is 11.5 Å². The second-order valence-electron chi connectivity index (χ2n) is 4.71. The maximum Gasteiger partial charge on any atom is 0.305 e. The molecule has 0 spiro atoms. The average Bonchev–Trinajstić information content (AvgIpc) is 2.46. The summed E-state index contributed by atoms with van der Waals surface area (Å²) in [5.41, 5.74) is 1.46. The fourth-order valence-electron chi connectivity index (χ4n) is 1.88. The molecule has 22 heavy (non-hydrogen) atoms. The number of aromatic nitrogens is 2. The number of benzene rings is 1. The van der Waals surface area contributed by atoms with Crippen molar-refractivity contribution < 1.29 is 14.7 Å². The molecule has 2 rings (SSSR count). The number of carbonyl (C=O) groups excluding carboxylic acids is 1. The summed E-state index contributed by atoms with van der Waals surface area (Å²) in [5.74, 6) is -0.883. The monoisotopic (exact) mass is 301 g/mol. The van der Waals surface area contributed by atoms with Gasteiger partial charge in [-0.3, -0.25) is 14.4 Å². The number of aromatic amines is 1. The van der Waals surface area contributed by atoms with E-state index in [4.69, 9.17) is 5.11 Å². The molecule has 0 radical (unpaired) electrons. The zero-order chi connectivity index (χ0) is 16.1. The van der Waals surface area contributed by atoms with Crippen LogP contribution in [0.4, 0.5) is 0 Å². The Morgan fingerprint density at radius 1 is 1.27 bits per heavy atom. The van der Waals surface area contributed by atoms with E-state index in [-0.39, 0.29) is 24.4 Å².